The van der Waals surface area contributed by atoms with Crippen molar-refractivity contribution in [3.05, 3.63) is 65.9 Å². The summed E-state index contributed by atoms with van der Waals surface area (Å²) in [6.45, 7) is 0. The zero-order chi connectivity index (χ0) is 13.2. The van der Waals surface area contributed by atoms with E-state index in [-0.39, 0.29) is 0 Å². The van der Waals surface area contributed by atoms with Crippen LogP contribution in [0, 0.1) is 0 Å². The number of rotatable bonds is 3. The van der Waals surface area contributed by atoms with Crippen LogP contribution in [0.3, 0.4) is 0 Å². The van der Waals surface area contributed by atoms with Crippen LogP contribution in [0.25, 0.3) is 11.0 Å². The number of aliphatic hydroxyl groups is 1. The lowest BCUT2D eigenvalue weighted by Gasteiger charge is -2.10. The minimum Gasteiger partial charge on any atom is -0.497 e. The Hall–Kier alpha value is -2.26. The zero-order valence-corrected chi connectivity index (χ0v) is 10.5. The van der Waals surface area contributed by atoms with Crippen LogP contribution in [-0.2, 0) is 0 Å². The molecule has 1 N–H and O–H groups in total. The Bertz CT molecular complexity index is 700. The standard InChI is InChI=1S/C16H14O3/c1-18-12-6-4-5-11(9-12)16(17)14-10-19-15-8-3-2-7-13(14)15/h2-10,16-17H,1H3. The highest BCUT2D eigenvalue weighted by Gasteiger charge is 2.16. The zero-order valence-electron chi connectivity index (χ0n) is 10.5. The first-order chi connectivity index (χ1) is 9.29. The van der Waals surface area contributed by atoms with Crippen LogP contribution >= 0.6 is 0 Å². The van der Waals surface area contributed by atoms with Gasteiger partial charge in [-0.15, -0.1) is 0 Å². The van der Waals surface area contributed by atoms with Crippen molar-refractivity contribution in [2.75, 3.05) is 7.11 Å². The topological polar surface area (TPSA) is 42.6 Å². The van der Waals surface area contributed by atoms with Crippen molar-refractivity contribution in [1.29, 1.82) is 0 Å². The van der Waals surface area contributed by atoms with Crippen molar-refractivity contribution in [2.24, 2.45) is 0 Å². The summed E-state index contributed by atoms with van der Waals surface area (Å²) in [4.78, 5) is 0. The summed E-state index contributed by atoms with van der Waals surface area (Å²) in [5.41, 5.74) is 2.33. The molecule has 96 valence electrons. The Kier molecular flexibility index (Phi) is 2.97. The second kappa shape index (κ2) is 4.78. The third-order valence-electron chi connectivity index (χ3n) is 3.22. The molecule has 1 aromatic heterocycles. The molecular formula is C16H14O3. The predicted octanol–water partition coefficient (Wildman–Crippen LogP) is 3.52. The van der Waals surface area contributed by atoms with Crippen molar-refractivity contribution in [1.82, 2.24) is 0 Å². The number of hydrogen-bond acceptors (Lipinski definition) is 3. The second-order valence-electron chi connectivity index (χ2n) is 4.37. The quantitative estimate of drug-likeness (QED) is 0.777. The highest BCUT2D eigenvalue weighted by molar-refractivity contribution is 5.81. The average molecular weight is 254 g/mol. The Morgan fingerprint density at radius 1 is 1.11 bits per heavy atom. The van der Waals surface area contributed by atoms with Crippen LogP contribution in [0.5, 0.6) is 5.75 Å². The maximum atomic E-state index is 10.5. The van der Waals surface area contributed by atoms with E-state index in [4.69, 9.17) is 9.15 Å². The molecular weight excluding hydrogens is 240 g/mol. The smallest absolute Gasteiger partial charge is 0.134 e. The van der Waals surface area contributed by atoms with Gasteiger partial charge in [0.1, 0.15) is 17.4 Å². The van der Waals surface area contributed by atoms with Crippen LogP contribution < -0.4 is 4.74 Å². The fraction of sp³-hybridized carbons (Fsp3) is 0.125. The van der Waals surface area contributed by atoms with Crippen molar-refractivity contribution >= 4 is 11.0 Å². The highest BCUT2D eigenvalue weighted by atomic mass is 16.5. The van der Waals surface area contributed by atoms with Crippen LogP contribution in [0.1, 0.15) is 17.2 Å². The van der Waals surface area contributed by atoms with Crippen LogP contribution in [0.15, 0.2) is 59.2 Å². The summed E-state index contributed by atoms with van der Waals surface area (Å²) in [5, 5.41) is 11.4. The van der Waals surface area contributed by atoms with Crippen LogP contribution in [-0.4, -0.2) is 12.2 Å². The van der Waals surface area contributed by atoms with Crippen molar-refractivity contribution in [3.63, 3.8) is 0 Å². The van der Waals surface area contributed by atoms with Crippen LogP contribution in [0.4, 0.5) is 0 Å². The molecule has 1 heterocycles. The molecule has 0 saturated carbocycles. The van der Waals surface area contributed by atoms with Gasteiger partial charge in [-0.2, -0.15) is 0 Å². The largest absolute Gasteiger partial charge is 0.497 e. The molecule has 3 nitrogen and oxygen atoms in total. The number of methoxy groups -OCH3 is 1. The molecule has 0 fully saturated rings. The molecule has 0 saturated heterocycles. The molecule has 1 unspecified atom stereocenters. The van der Waals surface area contributed by atoms with Gasteiger partial charge in [0.15, 0.2) is 0 Å². The first-order valence-corrected chi connectivity index (χ1v) is 6.08. The molecule has 0 spiro atoms. The Balaban J connectivity index is 2.05. The van der Waals surface area contributed by atoms with E-state index in [1.165, 1.54) is 0 Å². The molecule has 0 bridgehead atoms. The molecule has 0 amide bonds. The minimum atomic E-state index is -0.723. The van der Waals surface area contributed by atoms with E-state index < -0.39 is 6.10 Å². The van der Waals surface area contributed by atoms with Gasteiger partial charge in [-0.05, 0) is 23.8 Å². The number of ether oxygens (including phenoxy) is 1. The van der Waals surface area contributed by atoms with Crippen LogP contribution in [0.2, 0.25) is 0 Å². The summed E-state index contributed by atoms with van der Waals surface area (Å²) in [6.07, 6.45) is 0.883. The Labute approximate surface area is 111 Å². The normalized spacial score (nSPS) is 12.5. The minimum absolute atomic E-state index is 0.723. The van der Waals surface area contributed by atoms with Gasteiger partial charge in [0.2, 0.25) is 0 Å². The van der Waals surface area contributed by atoms with Gasteiger partial charge in [-0.3, -0.25) is 0 Å². The molecule has 0 radical (unpaired) electrons. The number of aliphatic hydroxyl groups excluding tert-OH is 1. The van der Waals surface area contributed by atoms with Crippen molar-refractivity contribution in [3.8, 4) is 5.75 Å². The van der Waals surface area contributed by atoms with Gasteiger partial charge < -0.3 is 14.3 Å². The average Bonchev–Trinajstić information content (AvgIpc) is 2.90. The highest BCUT2D eigenvalue weighted by Crippen LogP contribution is 2.31. The molecule has 0 aliphatic carbocycles. The van der Waals surface area contributed by atoms with Gasteiger partial charge >= 0.3 is 0 Å². The predicted molar refractivity (Wildman–Crippen MR) is 73.3 cm³/mol. The first kappa shape index (κ1) is 11.8. The Morgan fingerprint density at radius 2 is 1.95 bits per heavy atom. The molecule has 3 rings (SSSR count). The van der Waals surface area contributed by atoms with E-state index in [0.29, 0.717) is 0 Å². The molecule has 3 aromatic rings. The van der Waals surface area contributed by atoms with E-state index in [2.05, 4.69) is 0 Å². The number of furan rings is 1. The maximum absolute atomic E-state index is 10.5. The van der Waals surface area contributed by atoms with E-state index in [1.54, 1.807) is 13.4 Å². The van der Waals surface area contributed by atoms with E-state index >= 15 is 0 Å². The second-order valence-corrected chi connectivity index (χ2v) is 4.37. The lowest BCUT2D eigenvalue weighted by Crippen LogP contribution is -1.99. The van der Waals surface area contributed by atoms with Gasteiger partial charge in [0, 0.05) is 10.9 Å². The number of fused-ring (bicyclic) bond motifs is 1. The third kappa shape index (κ3) is 2.09. The fourth-order valence-electron chi connectivity index (χ4n) is 2.20. The van der Waals surface area contributed by atoms with Gasteiger partial charge in [-0.25, -0.2) is 0 Å². The summed E-state index contributed by atoms with van der Waals surface area (Å²) < 4.78 is 10.6. The van der Waals surface area contributed by atoms with Gasteiger partial charge in [0.25, 0.3) is 0 Å². The first-order valence-electron chi connectivity index (χ1n) is 6.08. The monoisotopic (exact) mass is 254 g/mol. The number of para-hydroxylation sites is 1. The van der Waals surface area contributed by atoms with E-state index in [1.807, 2.05) is 48.5 Å². The van der Waals surface area contributed by atoms with Gasteiger partial charge in [0.05, 0.1) is 13.4 Å². The lowest BCUT2D eigenvalue weighted by molar-refractivity contribution is 0.220. The maximum Gasteiger partial charge on any atom is 0.134 e. The van der Waals surface area contributed by atoms with E-state index in [9.17, 15) is 5.11 Å². The summed E-state index contributed by atoms with van der Waals surface area (Å²) in [6, 6.07) is 15.1. The lowest BCUT2D eigenvalue weighted by atomic mass is 10.0. The SMILES string of the molecule is COc1cccc(C(O)c2coc3ccccc23)c1. The Morgan fingerprint density at radius 3 is 2.79 bits per heavy atom. The number of benzene rings is 2. The molecule has 2 aromatic carbocycles. The summed E-state index contributed by atoms with van der Waals surface area (Å²) in [5.74, 6) is 0.726. The van der Waals surface area contributed by atoms with E-state index in [0.717, 1.165) is 27.8 Å². The summed E-state index contributed by atoms with van der Waals surface area (Å²) in [7, 11) is 1.61. The molecule has 0 aliphatic rings. The molecule has 3 heteroatoms. The summed E-state index contributed by atoms with van der Waals surface area (Å²) >= 11 is 0. The van der Waals surface area contributed by atoms with Gasteiger partial charge in [-0.1, -0.05) is 30.3 Å². The fourth-order valence-corrected chi connectivity index (χ4v) is 2.20. The van der Waals surface area contributed by atoms with Crippen molar-refractivity contribution < 1.29 is 14.3 Å². The molecule has 19 heavy (non-hydrogen) atoms. The molecule has 1 atom stereocenters. The molecule has 0 aliphatic heterocycles. The number of hydrogen-bond donors (Lipinski definition) is 1. The van der Waals surface area contributed by atoms with Crippen molar-refractivity contribution in [2.45, 2.75) is 6.10 Å². The third-order valence-corrected chi connectivity index (χ3v) is 3.22.